The van der Waals surface area contributed by atoms with Crippen LogP contribution >= 0.6 is 0 Å². The number of rotatable bonds is 7. The third-order valence-corrected chi connectivity index (χ3v) is 4.52. The lowest BCUT2D eigenvalue weighted by Crippen LogP contribution is -2.41. The molecule has 27 heavy (non-hydrogen) atoms. The summed E-state index contributed by atoms with van der Waals surface area (Å²) in [6, 6.07) is 8.73. The third-order valence-electron chi connectivity index (χ3n) is 4.52. The van der Waals surface area contributed by atoms with Crippen LogP contribution in [0.3, 0.4) is 0 Å². The molecule has 0 radical (unpaired) electrons. The van der Waals surface area contributed by atoms with Crippen molar-refractivity contribution in [2.45, 2.75) is 25.4 Å². The third kappa shape index (κ3) is 5.65. The molecule has 1 atom stereocenters. The lowest BCUT2D eigenvalue weighted by molar-refractivity contribution is 0.0839. The van der Waals surface area contributed by atoms with E-state index in [1.54, 1.807) is 12.0 Å². The van der Waals surface area contributed by atoms with Crippen LogP contribution in [-0.4, -0.2) is 48.8 Å². The average molecular weight is 373 g/mol. The molecule has 0 unspecified atom stereocenters. The first-order valence-corrected chi connectivity index (χ1v) is 9.05. The van der Waals surface area contributed by atoms with E-state index in [1.807, 2.05) is 24.3 Å². The van der Waals surface area contributed by atoms with Crippen LogP contribution in [-0.2, 0) is 11.2 Å². The Bertz CT molecular complexity index is 748. The molecule has 1 saturated heterocycles. The quantitative estimate of drug-likeness (QED) is 0.807. The van der Waals surface area contributed by atoms with Crippen LogP contribution in [0, 0.1) is 5.82 Å². The molecule has 1 aromatic carbocycles. The van der Waals surface area contributed by atoms with E-state index in [-0.39, 0.29) is 12.1 Å². The van der Waals surface area contributed by atoms with Crippen molar-refractivity contribution in [3.8, 4) is 5.75 Å². The van der Waals surface area contributed by atoms with E-state index in [4.69, 9.17) is 9.47 Å². The summed E-state index contributed by atoms with van der Waals surface area (Å²) < 4.78 is 24.2. The van der Waals surface area contributed by atoms with E-state index in [2.05, 4.69) is 10.3 Å². The summed E-state index contributed by atoms with van der Waals surface area (Å²) in [6.45, 7) is 1.76. The normalized spacial score (nSPS) is 16.1. The first kappa shape index (κ1) is 19.1. The second-order valence-corrected chi connectivity index (χ2v) is 6.50. The molecule has 1 aliphatic rings. The van der Waals surface area contributed by atoms with Crippen molar-refractivity contribution in [3.63, 3.8) is 0 Å². The Morgan fingerprint density at radius 3 is 2.85 bits per heavy atom. The van der Waals surface area contributed by atoms with E-state index in [0.717, 1.165) is 37.0 Å². The summed E-state index contributed by atoms with van der Waals surface area (Å²) in [4.78, 5) is 18.2. The minimum Gasteiger partial charge on any atom is -0.497 e. The van der Waals surface area contributed by atoms with Crippen LogP contribution in [0.2, 0.25) is 0 Å². The van der Waals surface area contributed by atoms with Crippen LogP contribution in [0.25, 0.3) is 0 Å². The summed E-state index contributed by atoms with van der Waals surface area (Å²) in [6.07, 6.45) is 5.21. The molecule has 0 spiro atoms. The molecule has 0 saturated carbocycles. The maximum absolute atomic E-state index is 13.3. The number of halogens is 1. The van der Waals surface area contributed by atoms with E-state index < -0.39 is 5.82 Å². The Balaban J connectivity index is 1.64. The highest BCUT2D eigenvalue weighted by molar-refractivity contribution is 5.89. The Morgan fingerprint density at radius 1 is 1.37 bits per heavy atom. The van der Waals surface area contributed by atoms with Gasteiger partial charge in [-0.3, -0.25) is 4.98 Å². The first-order chi connectivity index (χ1) is 13.1. The van der Waals surface area contributed by atoms with Crippen LogP contribution in [0.15, 0.2) is 42.7 Å². The van der Waals surface area contributed by atoms with Gasteiger partial charge in [0.1, 0.15) is 11.6 Å². The maximum atomic E-state index is 13.3. The zero-order valence-electron chi connectivity index (χ0n) is 15.4. The summed E-state index contributed by atoms with van der Waals surface area (Å²) in [5, 5.41) is 2.72. The summed E-state index contributed by atoms with van der Waals surface area (Å²) in [5.41, 5.74) is 1.44. The number of hydrogen-bond acceptors (Lipinski definition) is 4. The monoisotopic (exact) mass is 373 g/mol. The smallest absolute Gasteiger partial charge is 0.321 e. The van der Waals surface area contributed by atoms with Crippen LogP contribution in [0.5, 0.6) is 5.75 Å². The largest absolute Gasteiger partial charge is 0.497 e. The number of aromatic nitrogens is 1. The molecular formula is C20H24FN3O3. The van der Waals surface area contributed by atoms with Gasteiger partial charge in [0.05, 0.1) is 31.3 Å². The molecular weight excluding hydrogens is 349 g/mol. The molecule has 1 N–H and O–H groups in total. The number of benzene rings is 1. The number of anilines is 1. The van der Waals surface area contributed by atoms with E-state index in [0.29, 0.717) is 25.2 Å². The van der Waals surface area contributed by atoms with Crippen molar-refractivity contribution < 1.29 is 18.7 Å². The first-order valence-electron chi connectivity index (χ1n) is 9.05. The number of hydrogen-bond donors (Lipinski definition) is 1. The van der Waals surface area contributed by atoms with Gasteiger partial charge in [0.15, 0.2) is 0 Å². The molecule has 1 fully saturated rings. The van der Waals surface area contributed by atoms with Gasteiger partial charge in [0.2, 0.25) is 0 Å². The van der Waals surface area contributed by atoms with Crippen molar-refractivity contribution >= 4 is 11.7 Å². The molecule has 0 bridgehead atoms. The second kappa shape index (κ2) is 9.32. The Morgan fingerprint density at radius 2 is 2.19 bits per heavy atom. The fraction of sp³-hybridized carbons (Fsp3) is 0.400. The zero-order valence-corrected chi connectivity index (χ0v) is 15.4. The van der Waals surface area contributed by atoms with E-state index in [9.17, 15) is 9.18 Å². The Hall–Kier alpha value is -2.67. The Labute approximate surface area is 158 Å². The molecule has 2 heterocycles. The second-order valence-electron chi connectivity index (χ2n) is 6.50. The highest BCUT2D eigenvalue weighted by Crippen LogP contribution is 2.16. The summed E-state index contributed by atoms with van der Waals surface area (Å²) in [7, 11) is 1.63. The highest BCUT2D eigenvalue weighted by atomic mass is 19.1. The molecule has 1 aliphatic heterocycles. The standard InChI is InChI=1S/C20H24FN3O3/c1-26-18-6-4-15(5-7-18)8-9-24(14-19-3-2-10-27-19)20(25)23-17-11-16(21)12-22-13-17/h4-7,11-13,19H,2-3,8-10,14H2,1H3,(H,23,25)/t19-/m0/s1. The lowest BCUT2D eigenvalue weighted by Gasteiger charge is -2.26. The fourth-order valence-electron chi connectivity index (χ4n) is 3.05. The number of carbonyl (C=O) groups excluding carboxylic acids is 1. The minimum absolute atomic E-state index is 0.0391. The van der Waals surface area contributed by atoms with Crippen molar-refractivity contribution in [2.75, 3.05) is 32.1 Å². The van der Waals surface area contributed by atoms with Crippen molar-refractivity contribution in [2.24, 2.45) is 0 Å². The number of nitrogens with zero attached hydrogens (tertiary/aromatic N) is 2. The van der Waals surface area contributed by atoms with Gasteiger partial charge >= 0.3 is 6.03 Å². The fourth-order valence-corrected chi connectivity index (χ4v) is 3.05. The van der Waals surface area contributed by atoms with Crippen molar-refractivity contribution in [1.29, 1.82) is 0 Å². The zero-order chi connectivity index (χ0) is 19.1. The van der Waals surface area contributed by atoms with E-state index in [1.165, 1.54) is 12.3 Å². The van der Waals surface area contributed by atoms with Gasteiger partial charge in [-0.25, -0.2) is 9.18 Å². The molecule has 3 rings (SSSR count). The van der Waals surface area contributed by atoms with E-state index >= 15 is 0 Å². The van der Waals surface area contributed by atoms with Gasteiger partial charge in [0.25, 0.3) is 0 Å². The molecule has 7 heteroatoms. The molecule has 2 aromatic rings. The number of ether oxygens (including phenoxy) is 2. The van der Waals surface area contributed by atoms with Gasteiger partial charge in [-0.05, 0) is 37.0 Å². The van der Waals surface area contributed by atoms with Gasteiger partial charge in [-0.15, -0.1) is 0 Å². The minimum atomic E-state index is -0.489. The summed E-state index contributed by atoms with van der Waals surface area (Å²) >= 11 is 0. The lowest BCUT2D eigenvalue weighted by atomic mass is 10.1. The van der Waals surface area contributed by atoms with Gasteiger partial charge < -0.3 is 19.7 Å². The Kier molecular flexibility index (Phi) is 6.59. The van der Waals surface area contributed by atoms with Gasteiger partial charge in [-0.2, -0.15) is 0 Å². The number of pyridine rings is 1. The van der Waals surface area contributed by atoms with Gasteiger partial charge in [-0.1, -0.05) is 12.1 Å². The van der Waals surface area contributed by atoms with Crippen LogP contribution < -0.4 is 10.1 Å². The van der Waals surface area contributed by atoms with Crippen molar-refractivity contribution in [1.82, 2.24) is 9.88 Å². The highest BCUT2D eigenvalue weighted by Gasteiger charge is 2.22. The topological polar surface area (TPSA) is 63.7 Å². The average Bonchev–Trinajstić information content (AvgIpc) is 3.18. The van der Waals surface area contributed by atoms with Crippen LogP contribution in [0.1, 0.15) is 18.4 Å². The predicted octanol–water partition coefficient (Wildman–Crippen LogP) is 3.48. The number of carbonyl (C=O) groups is 1. The molecule has 6 nitrogen and oxygen atoms in total. The van der Waals surface area contributed by atoms with Crippen LogP contribution in [0.4, 0.5) is 14.9 Å². The molecule has 1 aromatic heterocycles. The number of nitrogens with one attached hydrogen (secondary N) is 1. The predicted molar refractivity (Wildman–Crippen MR) is 100 cm³/mol. The SMILES string of the molecule is COc1ccc(CCN(C[C@@H]2CCCO2)C(=O)Nc2cncc(F)c2)cc1. The number of methoxy groups -OCH3 is 1. The molecule has 0 aliphatic carbocycles. The maximum Gasteiger partial charge on any atom is 0.321 e. The number of amides is 2. The van der Waals surface area contributed by atoms with Crippen molar-refractivity contribution in [3.05, 3.63) is 54.1 Å². The van der Waals surface area contributed by atoms with Gasteiger partial charge in [0, 0.05) is 25.8 Å². The number of urea groups is 1. The summed E-state index contributed by atoms with van der Waals surface area (Å²) in [5.74, 6) is 0.308. The molecule has 2 amide bonds. The molecule has 144 valence electrons.